The molecule has 0 heterocycles. The van der Waals surface area contributed by atoms with Crippen LogP contribution in [0.1, 0.15) is 16.7 Å². The molecule has 30 heavy (non-hydrogen) atoms. The second-order valence-electron chi connectivity index (χ2n) is 6.96. The Morgan fingerprint density at radius 2 is 0.633 bits per heavy atom. The fourth-order valence-corrected chi connectivity index (χ4v) is 3.14. The van der Waals surface area contributed by atoms with Gasteiger partial charge < -0.3 is 14.2 Å². The van der Waals surface area contributed by atoms with E-state index in [9.17, 15) is 0 Å². The quantitative estimate of drug-likeness (QED) is 0.326. The summed E-state index contributed by atoms with van der Waals surface area (Å²) in [6.07, 6.45) is 0. The highest BCUT2D eigenvalue weighted by Gasteiger charge is 2.05. The molecule has 0 aliphatic carbocycles. The predicted octanol–water partition coefficient (Wildman–Crippen LogP) is 6.42. The minimum Gasteiger partial charge on any atom is -0.489 e. The maximum atomic E-state index is 5.95. The second kappa shape index (κ2) is 10.2. The summed E-state index contributed by atoms with van der Waals surface area (Å²) in [5, 5.41) is 0. The number of benzene rings is 4. The smallest absolute Gasteiger partial charge is 0.119 e. The molecular formula is C27H24O3. The fourth-order valence-electron chi connectivity index (χ4n) is 3.14. The molecule has 0 aromatic heterocycles. The highest BCUT2D eigenvalue weighted by molar-refractivity contribution is 5.32. The molecule has 0 saturated heterocycles. The minimum absolute atomic E-state index is 0.488. The molecule has 0 radical (unpaired) electrons. The van der Waals surface area contributed by atoms with Gasteiger partial charge in [-0.15, -0.1) is 0 Å². The van der Waals surface area contributed by atoms with Crippen LogP contribution >= 0.6 is 0 Å². The van der Waals surface area contributed by atoms with Crippen molar-refractivity contribution in [1.82, 2.24) is 0 Å². The van der Waals surface area contributed by atoms with Crippen LogP contribution in [0, 0.1) is 0 Å². The van der Waals surface area contributed by atoms with Crippen molar-refractivity contribution in [1.29, 1.82) is 0 Å². The van der Waals surface area contributed by atoms with Gasteiger partial charge in [0.1, 0.15) is 37.1 Å². The van der Waals surface area contributed by atoms with Crippen LogP contribution in [0.4, 0.5) is 0 Å². The summed E-state index contributed by atoms with van der Waals surface area (Å²) in [7, 11) is 0. The molecule has 0 fully saturated rings. The number of rotatable bonds is 9. The van der Waals surface area contributed by atoms with Crippen molar-refractivity contribution in [3.8, 4) is 17.2 Å². The van der Waals surface area contributed by atoms with Gasteiger partial charge in [0.05, 0.1) is 0 Å². The van der Waals surface area contributed by atoms with Gasteiger partial charge in [-0.1, -0.05) is 54.6 Å². The Labute approximate surface area is 177 Å². The lowest BCUT2D eigenvalue weighted by Crippen LogP contribution is -2.03. The monoisotopic (exact) mass is 396 g/mol. The summed E-state index contributed by atoms with van der Waals surface area (Å²) >= 11 is 0. The number of para-hydroxylation sites is 3. The van der Waals surface area contributed by atoms with Crippen LogP contribution in [0.2, 0.25) is 0 Å². The first-order chi connectivity index (χ1) is 14.8. The summed E-state index contributed by atoms with van der Waals surface area (Å²) in [6.45, 7) is 1.46. The Morgan fingerprint density at radius 1 is 0.367 bits per heavy atom. The summed E-state index contributed by atoms with van der Waals surface area (Å²) < 4.78 is 17.8. The molecule has 0 spiro atoms. The van der Waals surface area contributed by atoms with E-state index in [-0.39, 0.29) is 0 Å². The van der Waals surface area contributed by atoms with Crippen molar-refractivity contribution in [2.75, 3.05) is 0 Å². The Balaban J connectivity index is 1.48. The first-order valence-corrected chi connectivity index (χ1v) is 10.0. The highest BCUT2D eigenvalue weighted by Crippen LogP contribution is 2.19. The van der Waals surface area contributed by atoms with Crippen molar-refractivity contribution in [2.45, 2.75) is 19.8 Å². The van der Waals surface area contributed by atoms with Crippen LogP contribution < -0.4 is 14.2 Å². The minimum atomic E-state index is 0.488. The van der Waals surface area contributed by atoms with Crippen LogP contribution in [0.25, 0.3) is 0 Å². The molecule has 0 saturated carbocycles. The summed E-state index contributed by atoms with van der Waals surface area (Å²) in [5.74, 6) is 2.56. The molecule has 4 rings (SSSR count). The molecule has 3 nitrogen and oxygen atoms in total. The Hall–Kier alpha value is -3.72. The van der Waals surface area contributed by atoms with Crippen molar-refractivity contribution in [2.24, 2.45) is 0 Å². The van der Waals surface area contributed by atoms with Gasteiger partial charge in [-0.3, -0.25) is 0 Å². The van der Waals surface area contributed by atoms with Crippen LogP contribution in [-0.4, -0.2) is 0 Å². The molecule has 0 amide bonds. The average Bonchev–Trinajstić information content (AvgIpc) is 2.82. The molecule has 3 heteroatoms. The van der Waals surface area contributed by atoms with Crippen LogP contribution in [0.5, 0.6) is 17.2 Å². The number of hydrogen-bond acceptors (Lipinski definition) is 3. The van der Waals surface area contributed by atoms with Crippen molar-refractivity contribution >= 4 is 0 Å². The maximum Gasteiger partial charge on any atom is 0.119 e. The summed E-state index contributed by atoms with van der Waals surface area (Å²) in [4.78, 5) is 0. The van der Waals surface area contributed by atoms with E-state index in [4.69, 9.17) is 14.2 Å². The SMILES string of the molecule is c1ccc(OCc2cc(COc3ccccc3)cc(COc3ccccc3)c2)cc1. The highest BCUT2D eigenvalue weighted by atomic mass is 16.5. The maximum absolute atomic E-state index is 5.95. The van der Waals surface area contributed by atoms with E-state index in [1.165, 1.54) is 0 Å². The zero-order chi connectivity index (χ0) is 20.4. The predicted molar refractivity (Wildman–Crippen MR) is 119 cm³/mol. The zero-order valence-corrected chi connectivity index (χ0v) is 16.7. The van der Waals surface area contributed by atoms with Crippen molar-refractivity contribution < 1.29 is 14.2 Å². The third-order valence-corrected chi connectivity index (χ3v) is 4.56. The van der Waals surface area contributed by atoms with Gasteiger partial charge >= 0.3 is 0 Å². The number of ether oxygens (including phenoxy) is 3. The van der Waals surface area contributed by atoms with Gasteiger partial charge in [-0.05, 0) is 71.3 Å². The summed E-state index contributed by atoms with van der Waals surface area (Å²) in [6, 6.07) is 35.9. The van der Waals surface area contributed by atoms with Gasteiger partial charge in [0.15, 0.2) is 0 Å². The van der Waals surface area contributed by atoms with Gasteiger partial charge in [-0.2, -0.15) is 0 Å². The lowest BCUT2D eigenvalue weighted by molar-refractivity contribution is 0.293. The van der Waals surface area contributed by atoms with Crippen LogP contribution in [0.3, 0.4) is 0 Å². The van der Waals surface area contributed by atoms with Gasteiger partial charge in [0, 0.05) is 0 Å². The van der Waals surface area contributed by atoms with Crippen molar-refractivity contribution in [3.05, 3.63) is 126 Å². The third kappa shape index (κ3) is 5.89. The van der Waals surface area contributed by atoms with Gasteiger partial charge in [-0.25, -0.2) is 0 Å². The lowest BCUT2D eigenvalue weighted by Gasteiger charge is -2.13. The number of hydrogen-bond donors (Lipinski definition) is 0. The van der Waals surface area contributed by atoms with E-state index in [2.05, 4.69) is 18.2 Å². The molecule has 0 unspecified atom stereocenters. The van der Waals surface area contributed by atoms with E-state index in [0.717, 1.165) is 33.9 Å². The molecule has 4 aromatic carbocycles. The summed E-state index contributed by atoms with van der Waals surface area (Å²) in [5.41, 5.74) is 3.25. The van der Waals surface area contributed by atoms with Crippen LogP contribution in [0.15, 0.2) is 109 Å². The fraction of sp³-hybridized carbons (Fsp3) is 0.111. The van der Waals surface area contributed by atoms with Crippen molar-refractivity contribution in [3.63, 3.8) is 0 Å². The van der Waals surface area contributed by atoms with E-state index < -0.39 is 0 Å². The topological polar surface area (TPSA) is 27.7 Å². The van der Waals surface area contributed by atoms with Gasteiger partial charge in [0.25, 0.3) is 0 Å². The lowest BCUT2D eigenvalue weighted by atomic mass is 10.1. The van der Waals surface area contributed by atoms with E-state index >= 15 is 0 Å². The molecule has 150 valence electrons. The Morgan fingerprint density at radius 3 is 0.900 bits per heavy atom. The van der Waals surface area contributed by atoms with E-state index in [1.807, 2.05) is 91.0 Å². The first-order valence-electron chi connectivity index (χ1n) is 10.0. The van der Waals surface area contributed by atoms with E-state index in [0.29, 0.717) is 19.8 Å². The molecule has 0 bridgehead atoms. The molecule has 0 atom stereocenters. The third-order valence-electron chi connectivity index (χ3n) is 4.56. The second-order valence-corrected chi connectivity index (χ2v) is 6.96. The van der Waals surface area contributed by atoms with E-state index in [1.54, 1.807) is 0 Å². The average molecular weight is 396 g/mol. The molecule has 4 aromatic rings. The zero-order valence-electron chi connectivity index (χ0n) is 16.7. The Kier molecular flexibility index (Phi) is 6.64. The Bertz CT molecular complexity index is 882. The standard InChI is InChI=1S/C27H24O3/c1-4-10-25(11-5-1)28-19-22-16-23(20-29-26-12-6-2-7-13-26)18-24(17-22)21-30-27-14-8-3-9-15-27/h1-18H,19-21H2. The molecule has 0 N–H and O–H groups in total. The molecular weight excluding hydrogens is 372 g/mol. The normalized spacial score (nSPS) is 10.4. The largest absolute Gasteiger partial charge is 0.489 e. The van der Waals surface area contributed by atoms with Crippen LogP contribution in [-0.2, 0) is 19.8 Å². The molecule has 0 aliphatic heterocycles. The first kappa shape index (κ1) is 19.6. The van der Waals surface area contributed by atoms with Gasteiger partial charge in [0.2, 0.25) is 0 Å². The molecule has 0 aliphatic rings.